The van der Waals surface area contributed by atoms with Crippen LogP contribution in [0.5, 0.6) is 5.88 Å². The fourth-order valence-electron chi connectivity index (χ4n) is 1.68. The molecule has 0 fully saturated rings. The van der Waals surface area contributed by atoms with Gasteiger partial charge in [0.15, 0.2) is 0 Å². The van der Waals surface area contributed by atoms with Crippen molar-refractivity contribution in [2.75, 3.05) is 12.4 Å². The molecule has 0 aliphatic rings. The summed E-state index contributed by atoms with van der Waals surface area (Å²) in [4.78, 5) is 28.1. The second-order valence-electron chi connectivity index (χ2n) is 4.16. The Morgan fingerprint density at radius 1 is 1.43 bits per heavy atom. The number of amides is 1. The number of aromatic nitrogens is 1. The Kier molecular flexibility index (Phi) is 4.54. The van der Waals surface area contributed by atoms with Crippen molar-refractivity contribution in [3.05, 3.63) is 40.4 Å². The highest BCUT2D eigenvalue weighted by molar-refractivity contribution is 7.16. The van der Waals surface area contributed by atoms with E-state index in [1.807, 2.05) is 6.92 Å². The zero-order valence-corrected chi connectivity index (χ0v) is 12.4. The summed E-state index contributed by atoms with van der Waals surface area (Å²) in [5.74, 6) is -1.06. The summed E-state index contributed by atoms with van der Waals surface area (Å²) < 4.78 is 4.92. The van der Waals surface area contributed by atoms with Crippen molar-refractivity contribution in [3.63, 3.8) is 0 Å². The largest absolute Gasteiger partial charge is 0.481 e. The zero-order chi connectivity index (χ0) is 15.4. The standard InChI is InChI=1S/C14H14N2O4S/c1-3-9-6-10(14(18)19)13(21-9)16-12(17)8-4-5-11(20-2)15-7-8/h4-7H,3H2,1-2H3,(H,16,17)(H,18,19). The third-order valence-corrected chi connectivity index (χ3v) is 3.99. The van der Waals surface area contributed by atoms with E-state index >= 15 is 0 Å². The molecule has 6 nitrogen and oxygen atoms in total. The van der Waals surface area contributed by atoms with Gasteiger partial charge < -0.3 is 15.2 Å². The summed E-state index contributed by atoms with van der Waals surface area (Å²) in [6.07, 6.45) is 2.09. The van der Waals surface area contributed by atoms with Crippen molar-refractivity contribution < 1.29 is 19.4 Å². The van der Waals surface area contributed by atoms with E-state index in [1.165, 1.54) is 24.6 Å². The molecule has 0 radical (unpaired) electrons. The number of aromatic carboxylic acids is 1. The van der Waals surface area contributed by atoms with Crippen molar-refractivity contribution in [1.29, 1.82) is 0 Å². The lowest BCUT2D eigenvalue weighted by Gasteiger charge is -2.04. The number of carbonyl (C=O) groups is 2. The van der Waals surface area contributed by atoms with Gasteiger partial charge >= 0.3 is 5.97 Å². The number of nitrogens with one attached hydrogen (secondary N) is 1. The van der Waals surface area contributed by atoms with Crippen molar-refractivity contribution in [3.8, 4) is 5.88 Å². The maximum absolute atomic E-state index is 12.1. The quantitative estimate of drug-likeness (QED) is 0.886. The van der Waals surface area contributed by atoms with Crippen molar-refractivity contribution in [2.45, 2.75) is 13.3 Å². The van der Waals surface area contributed by atoms with E-state index in [0.717, 1.165) is 4.88 Å². The number of anilines is 1. The van der Waals surface area contributed by atoms with Crippen molar-refractivity contribution in [2.24, 2.45) is 0 Å². The van der Waals surface area contributed by atoms with E-state index in [9.17, 15) is 9.59 Å². The second kappa shape index (κ2) is 6.36. The van der Waals surface area contributed by atoms with Crippen molar-refractivity contribution in [1.82, 2.24) is 4.98 Å². The van der Waals surface area contributed by atoms with Gasteiger partial charge in [-0.2, -0.15) is 0 Å². The number of ether oxygens (including phenoxy) is 1. The topological polar surface area (TPSA) is 88.5 Å². The number of pyridine rings is 1. The fourth-order valence-corrected chi connectivity index (χ4v) is 2.66. The van der Waals surface area contributed by atoms with Gasteiger partial charge in [0.25, 0.3) is 5.91 Å². The van der Waals surface area contributed by atoms with Crippen LogP contribution < -0.4 is 10.1 Å². The molecular formula is C14H14N2O4S. The van der Waals surface area contributed by atoms with Crippen LogP contribution in [0.3, 0.4) is 0 Å². The molecule has 0 aliphatic carbocycles. The molecule has 21 heavy (non-hydrogen) atoms. The van der Waals surface area contributed by atoms with E-state index in [-0.39, 0.29) is 5.56 Å². The molecule has 2 heterocycles. The van der Waals surface area contributed by atoms with Gasteiger partial charge in [-0.25, -0.2) is 9.78 Å². The predicted molar refractivity (Wildman–Crippen MR) is 79.4 cm³/mol. The highest BCUT2D eigenvalue weighted by atomic mass is 32.1. The number of carboxylic acid groups (broad SMARTS) is 1. The number of thiophene rings is 1. The molecule has 0 saturated heterocycles. The van der Waals surface area contributed by atoms with E-state index in [0.29, 0.717) is 22.9 Å². The van der Waals surface area contributed by atoms with Gasteiger partial charge in [-0.1, -0.05) is 6.92 Å². The Hall–Kier alpha value is -2.41. The number of hydrogen-bond donors (Lipinski definition) is 2. The van der Waals surface area contributed by atoms with Crippen LogP contribution in [0.1, 0.15) is 32.5 Å². The minimum Gasteiger partial charge on any atom is -0.481 e. The Morgan fingerprint density at radius 3 is 2.71 bits per heavy atom. The normalized spacial score (nSPS) is 10.2. The van der Waals surface area contributed by atoms with Gasteiger partial charge in [0.1, 0.15) is 5.00 Å². The summed E-state index contributed by atoms with van der Waals surface area (Å²) in [6.45, 7) is 1.93. The van der Waals surface area contributed by atoms with Gasteiger partial charge in [0.2, 0.25) is 5.88 Å². The number of carbonyl (C=O) groups excluding carboxylic acids is 1. The molecule has 2 aromatic rings. The third kappa shape index (κ3) is 3.38. The molecule has 0 saturated carbocycles. The molecule has 2 aromatic heterocycles. The first-order valence-corrected chi connectivity index (χ1v) is 7.04. The van der Waals surface area contributed by atoms with Crippen LogP contribution in [0.4, 0.5) is 5.00 Å². The molecule has 0 aliphatic heterocycles. The van der Waals surface area contributed by atoms with Gasteiger partial charge in [-0.05, 0) is 18.6 Å². The maximum Gasteiger partial charge on any atom is 0.338 e. The molecule has 2 rings (SSSR count). The lowest BCUT2D eigenvalue weighted by molar-refractivity contribution is 0.0698. The molecule has 0 aromatic carbocycles. The van der Waals surface area contributed by atoms with Crippen LogP contribution in [0, 0.1) is 0 Å². The number of carboxylic acids is 1. The summed E-state index contributed by atoms with van der Waals surface area (Å²) in [5.41, 5.74) is 0.435. The van der Waals surface area contributed by atoms with Gasteiger partial charge in [0, 0.05) is 17.1 Å². The molecule has 0 bridgehead atoms. The Labute approximate surface area is 125 Å². The van der Waals surface area contributed by atoms with Crippen LogP contribution in [-0.4, -0.2) is 29.1 Å². The highest BCUT2D eigenvalue weighted by Crippen LogP contribution is 2.29. The number of nitrogens with zero attached hydrogens (tertiary/aromatic N) is 1. The van der Waals surface area contributed by atoms with E-state index in [1.54, 1.807) is 18.2 Å². The first-order valence-electron chi connectivity index (χ1n) is 6.22. The molecule has 1 amide bonds. The first kappa shape index (κ1) is 15.0. The van der Waals surface area contributed by atoms with Crippen LogP contribution >= 0.6 is 11.3 Å². The lowest BCUT2D eigenvalue weighted by Crippen LogP contribution is -2.13. The third-order valence-electron chi connectivity index (χ3n) is 2.80. The van der Waals surface area contributed by atoms with Gasteiger partial charge in [-0.15, -0.1) is 11.3 Å². The Balaban J connectivity index is 2.22. The summed E-state index contributed by atoms with van der Waals surface area (Å²) in [5, 5.41) is 12.1. The van der Waals surface area contributed by atoms with E-state index in [2.05, 4.69) is 10.3 Å². The highest BCUT2D eigenvalue weighted by Gasteiger charge is 2.17. The van der Waals surface area contributed by atoms with Crippen molar-refractivity contribution >= 4 is 28.2 Å². The molecule has 110 valence electrons. The van der Waals surface area contributed by atoms with E-state index < -0.39 is 11.9 Å². The second-order valence-corrected chi connectivity index (χ2v) is 5.29. The number of hydrogen-bond acceptors (Lipinski definition) is 5. The van der Waals surface area contributed by atoms with Crippen LogP contribution in [0.2, 0.25) is 0 Å². The average molecular weight is 306 g/mol. The fraction of sp³-hybridized carbons (Fsp3) is 0.214. The molecule has 0 unspecified atom stereocenters. The minimum absolute atomic E-state index is 0.103. The Bertz CT molecular complexity index is 664. The average Bonchev–Trinajstić information content (AvgIpc) is 2.90. The summed E-state index contributed by atoms with van der Waals surface area (Å²) >= 11 is 1.26. The lowest BCUT2D eigenvalue weighted by atomic mass is 10.2. The van der Waals surface area contributed by atoms with Crippen LogP contribution in [-0.2, 0) is 6.42 Å². The maximum atomic E-state index is 12.1. The van der Waals surface area contributed by atoms with Gasteiger partial charge in [-0.3, -0.25) is 4.79 Å². The predicted octanol–water partition coefficient (Wildman–Crippen LogP) is 2.66. The molecule has 0 atom stereocenters. The van der Waals surface area contributed by atoms with E-state index in [4.69, 9.17) is 9.84 Å². The SMILES string of the molecule is CCc1cc(C(=O)O)c(NC(=O)c2ccc(OC)nc2)s1. The summed E-state index contributed by atoms with van der Waals surface area (Å²) in [7, 11) is 1.49. The molecule has 0 spiro atoms. The number of methoxy groups -OCH3 is 1. The number of rotatable bonds is 5. The van der Waals surface area contributed by atoms with Gasteiger partial charge in [0.05, 0.1) is 18.2 Å². The van der Waals surface area contributed by atoms with Crippen LogP contribution in [0.15, 0.2) is 24.4 Å². The molecular weight excluding hydrogens is 292 g/mol. The number of aryl methyl sites for hydroxylation is 1. The minimum atomic E-state index is -1.06. The smallest absolute Gasteiger partial charge is 0.338 e. The first-order chi connectivity index (χ1) is 10.0. The molecule has 7 heteroatoms. The molecule has 2 N–H and O–H groups in total. The Morgan fingerprint density at radius 2 is 2.19 bits per heavy atom. The monoisotopic (exact) mass is 306 g/mol. The van der Waals surface area contributed by atoms with Crippen LogP contribution in [0.25, 0.3) is 0 Å². The zero-order valence-electron chi connectivity index (χ0n) is 11.5. The summed E-state index contributed by atoms with van der Waals surface area (Å²) in [6, 6.07) is 4.71.